The van der Waals surface area contributed by atoms with Crippen molar-refractivity contribution in [1.29, 1.82) is 0 Å². The highest BCUT2D eigenvalue weighted by molar-refractivity contribution is 6.18. The fraction of sp³-hybridized carbons (Fsp3) is 0.150. The lowest BCUT2D eigenvalue weighted by Gasteiger charge is -2.10. The number of carbonyl (C=O) groups excluding carboxylic acids is 2. The fourth-order valence-corrected chi connectivity index (χ4v) is 2.35. The predicted octanol–water partition coefficient (Wildman–Crippen LogP) is 1.87. The Morgan fingerprint density at radius 1 is 0.857 bits per heavy atom. The summed E-state index contributed by atoms with van der Waals surface area (Å²) >= 11 is 0. The van der Waals surface area contributed by atoms with Gasteiger partial charge in [0.25, 0.3) is 11.8 Å². The molecule has 0 unspecified atom stereocenters. The lowest BCUT2D eigenvalue weighted by atomic mass is 10.2. The highest BCUT2D eigenvalue weighted by Gasteiger charge is 2.18. The van der Waals surface area contributed by atoms with Gasteiger partial charge in [-0.25, -0.2) is 0 Å². The number of rotatable bonds is 9. The highest BCUT2D eigenvalue weighted by atomic mass is 16.3. The zero-order chi connectivity index (χ0) is 19.6. The molecule has 3 aromatic rings. The monoisotopic (exact) mass is 380 g/mol. The van der Waals surface area contributed by atoms with E-state index in [-0.39, 0.29) is 18.7 Å². The summed E-state index contributed by atoms with van der Waals surface area (Å²) in [6.07, 6.45) is 6.09. The number of nitrogens with one attached hydrogen (secondary N) is 3. The van der Waals surface area contributed by atoms with Crippen molar-refractivity contribution in [2.45, 2.75) is 19.6 Å². The Balaban J connectivity index is 1.63. The highest BCUT2D eigenvalue weighted by Crippen LogP contribution is 2.03. The summed E-state index contributed by atoms with van der Waals surface area (Å²) in [5.41, 5.74) is 0.721. The maximum atomic E-state index is 12.5. The SMILES string of the molecule is O=C(NCc1ccco1)C(=CNCc1ccccn1)C(=O)NCc1ccco1. The van der Waals surface area contributed by atoms with Crippen LogP contribution in [0.3, 0.4) is 0 Å². The minimum Gasteiger partial charge on any atom is -0.467 e. The molecule has 2 amide bonds. The van der Waals surface area contributed by atoms with E-state index in [0.29, 0.717) is 18.1 Å². The number of hydrogen-bond donors (Lipinski definition) is 3. The maximum absolute atomic E-state index is 12.5. The molecule has 0 aliphatic carbocycles. The van der Waals surface area contributed by atoms with Crippen LogP contribution >= 0.6 is 0 Å². The van der Waals surface area contributed by atoms with Gasteiger partial charge in [0.05, 0.1) is 37.9 Å². The van der Waals surface area contributed by atoms with Crippen LogP contribution in [0.5, 0.6) is 0 Å². The predicted molar refractivity (Wildman–Crippen MR) is 100 cm³/mol. The van der Waals surface area contributed by atoms with Crippen LogP contribution in [0.25, 0.3) is 0 Å². The minimum absolute atomic E-state index is 0.0611. The number of amides is 2. The molecule has 3 N–H and O–H groups in total. The Morgan fingerprint density at radius 2 is 1.50 bits per heavy atom. The van der Waals surface area contributed by atoms with Crippen LogP contribution in [0.15, 0.2) is 81.8 Å². The molecule has 0 saturated heterocycles. The van der Waals surface area contributed by atoms with Crippen molar-refractivity contribution in [1.82, 2.24) is 20.9 Å². The summed E-state index contributed by atoms with van der Waals surface area (Å²) in [6.45, 7) is 0.727. The fourth-order valence-electron chi connectivity index (χ4n) is 2.35. The summed E-state index contributed by atoms with van der Waals surface area (Å²) in [5.74, 6) is 0.124. The second-order valence-electron chi connectivity index (χ2n) is 5.78. The molecular weight excluding hydrogens is 360 g/mol. The van der Waals surface area contributed by atoms with Gasteiger partial charge in [-0.3, -0.25) is 14.6 Å². The maximum Gasteiger partial charge on any atom is 0.258 e. The molecule has 0 aliphatic heterocycles. The van der Waals surface area contributed by atoms with Crippen molar-refractivity contribution >= 4 is 11.8 Å². The number of pyridine rings is 1. The first-order chi connectivity index (χ1) is 13.7. The summed E-state index contributed by atoms with van der Waals surface area (Å²) in [4.78, 5) is 29.2. The summed E-state index contributed by atoms with van der Waals surface area (Å²) in [7, 11) is 0. The first-order valence-electron chi connectivity index (χ1n) is 8.67. The van der Waals surface area contributed by atoms with E-state index >= 15 is 0 Å². The van der Waals surface area contributed by atoms with Crippen LogP contribution in [0.1, 0.15) is 17.2 Å². The lowest BCUT2D eigenvalue weighted by molar-refractivity contribution is -0.123. The van der Waals surface area contributed by atoms with Gasteiger partial charge >= 0.3 is 0 Å². The molecule has 0 bridgehead atoms. The summed E-state index contributed by atoms with van der Waals surface area (Å²) in [5, 5.41) is 8.29. The van der Waals surface area contributed by atoms with Gasteiger partial charge in [0.2, 0.25) is 0 Å². The van der Waals surface area contributed by atoms with Gasteiger partial charge in [0.1, 0.15) is 17.1 Å². The third-order valence-corrected chi connectivity index (χ3v) is 3.75. The Hall–Kier alpha value is -3.81. The van der Waals surface area contributed by atoms with E-state index in [1.54, 1.807) is 30.5 Å². The van der Waals surface area contributed by atoms with E-state index in [2.05, 4.69) is 20.9 Å². The summed E-state index contributed by atoms with van der Waals surface area (Å²) in [6, 6.07) is 12.4. The number of furan rings is 2. The number of carbonyl (C=O) groups is 2. The molecule has 0 aromatic carbocycles. The molecule has 3 heterocycles. The molecule has 28 heavy (non-hydrogen) atoms. The Kier molecular flexibility index (Phi) is 6.62. The van der Waals surface area contributed by atoms with E-state index in [4.69, 9.17) is 8.83 Å². The molecule has 3 rings (SSSR count). The van der Waals surface area contributed by atoms with Gasteiger partial charge in [-0.05, 0) is 36.4 Å². The van der Waals surface area contributed by atoms with Crippen molar-refractivity contribution in [3.63, 3.8) is 0 Å². The molecule has 3 aromatic heterocycles. The van der Waals surface area contributed by atoms with Gasteiger partial charge in [-0.15, -0.1) is 0 Å². The second-order valence-corrected chi connectivity index (χ2v) is 5.78. The molecule has 0 spiro atoms. The third kappa shape index (κ3) is 5.60. The van der Waals surface area contributed by atoms with Crippen LogP contribution in [-0.2, 0) is 29.2 Å². The zero-order valence-corrected chi connectivity index (χ0v) is 15.1. The van der Waals surface area contributed by atoms with Crippen LogP contribution < -0.4 is 16.0 Å². The van der Waals surface area contributed by atoms with Crippen molar-refractivity contribution in [3.05, 3.63) is 90.2 Å². The topological polar surface area (TPSA) is 109 Å². The first-order valence-corrected chi connectivity index (χ1v) is 8.67. The van der Waals surface area contributed by atoms with Crippen molar-refractivity contribution in [3.8, 4) is 0 Å². The molecule has 144 valence electrons. The number of nitrogens with zero attached hydrogens (tertiary/aromatic N) is 1. The molecular formula is C20H20N4O4. The van der Waals surface area contributed by atoms with Crippen molar-refractivity contribution in [2.75, 3.05) is 0 Å². The van der Waals surface area contributed by atoms with Crippen LogP contribution in [-0.4, -0.2) is 16.8 Å². The van der Waals surface area contributed by atoms with Crippen LogP contribution in [0.2, 0.25) is 0 Å². The summed E-state index contributed by atoms with van der Waals surface area (Å²) < 4.78 is 10.4. The van der Waals surface area contributed by atoms with E-state index < -0.39 is 11.8 Å². The largest absolute Gasteiger partial charge is 0.467 e. The van der Waals surface area contributed by atoms with Crippen molar-refractivity contribution in [2.24, 2.45) is 0 Å². The number of hydrogen-bond acceptors (Lipinski definition) is 6. The molecule has 0 fully saturated rings. The van der Waals surface area contributed by atoms with E-state index in [1.807, 2.05) is 18.2 Å². The van der Waals surface area contributed by atoms with Crippen LogP contribution in [0, 0.1) is 0 Å². The van der Waals surface area contributed by atoms with Gasteiger partial charge in [-0.1, -0.05) is 6.07 Å². The molecule has 0 radical (unpaired) electrons. The quantitative estimate of drug-likeness (QED) is 0.297. The van der Waals surface area contributed by atoms with E-state index in [0.717, 1.165) is 5.69 Å². The molecule has 0 atom stereocenters. The smallest absolute Gasteiger partial charge is 0.258 e. The van der Waals surface area contributed by atoms with E-state index in [1.165, 1.54) is 18.7 Å². The second kappa shape index (κ2) is 9.77. The third-order valence-electron chi connectivity index (χ3n) is 3.75. The van der Waals surface area contributed by atoms with Crippen LogP contribution in [0.4, 0.5) is 0 Å². The normalized spacial score (nSPS) is 10.1. The Labute approximate surface area is 161 Å². The number of aromatic nitrogens is 1. The lowest BCUT2D eigenvalue weighted by Crippen LogP contribution is -2.35. The zero-order valence-electron chi connectivity index (χ0n) is 15.1. The van der Waals surface area contributed by atoms with Gasteiger partial charge < -0.3 is 24.8 Å². The molecule has 8 heteroatoms. The molecule has 0 saturated carbocycles. The van der Waals surface area contributed by atoms with E-state index in [9.17, 15) is 9.59 Å². The van der Waals surface area contributed by atoms with Gasteiger partial charge in [0, 0.05) is 12.4 Å². The van der Waals surface area contributed by atoms with Crippen molar-refractivity contribution < 1.29 is 18.4 Å². The average Bonchev–Trinajstić information content (AvgIpc) is 3.42. The Morgan fingerprint density at radius 3 is 2.00 bits per heavy atom. The minimum atomic E-state index is -0.526. The average molecular weight is 380 g/mol. The van der Waals surface area contributed by atoms with Gasteiger partial charge in [-0.2, -0.15) is 0 Å². The standard InChI is InChI=1S/C20H20N4O4/c25-19(23-12-16-6-3-9-27-16)18(14-21-11-15-5-1-2-8-22-15)20(26)24-13-17-7-4-10-28-17/h1-10,14,21H,11-13H2,(H,23,25)(H,24,26). The van der Waals surface area contributed by atoms with Gasteiger partial charge in [0.15, 0.2) is 0 Å². The molecule has 8 nitrogen and oxygen atoms in total. The first kappa shape index (κ1) is 19.0. The Bertz CT molecular complexity index is 851. The molecule has 0 aliphatic rings.